The summed E-state index contributed by atoms with van der Waals surface area (Å²) in [6, 6.07) is 13.3. The van der Waals surface area contributed by atoms with Gasteiger partial charge in [0.15, 0.2) is 5.69 Å². The summed E-state index contributed by atoms with van der Waals surface area (Å²) in [4.78, 5) is 14.3. The molecular weight excluding hydrogens is 340 g/mol. The summed E-state index contributed by atoms with van der Waals surface area (Å²) in [7, 11) is 0. The van der Waals surface area contributed by atoms with Crippen LogP contribution in [0.15, 0.2) is 42.5 Å². The number of nitrogens with one attached hydrogen (secondary N) is 1. The summed E-state index contributed by atoms with van der Waals surface area (Å²) in [6.07, 6.45) is 0. The Labute approximate surface area is 154 Å². The number of amides is 1. The molecule has 1 aliphatic heterocycles. The number of aromatic amines is 1. The molecule has 0 bridgehead atoms. The topological polar surface area (TPSA) is 123 Å². The molecule has 2 heterocycles. The maximum Gasteiger partial charge on any atom is 0.256 e. The first-order valence-electron chi connectivity index (χ1n) is 8.20. The highest BCUT2D eigenvalue weighted by atomic mass is 16.2. The van der Waals surface area contributed by atoms with Crippen molar-refractivity contribution in [3.05, 3.63) is 59.3 Å². The van der Waals surface area contributed by atoms with Crippen LogP contribution in [0.2, 0.25) is 0 Å². The van der Waals surface area contributed by atoms with E-state index in [9.17, 15) is 10.1 Å². The number of nitrogens with zero attached hydrogens (tertiary/aromatic N) is 4. The molecule has 0 aliphatic carbocycles. The Kier molecular flexibility index (Phi) is 3.64. The summed E-state index contributed by atoms with van der Waals surface area (Å²) in [6.45, 7) is 4.18. The number of anilines is 1. The monoisotopic (exact) mass is 354 g/mol. The van der Waals surface area contributed by atoms with Crippen LogP contribution in [0.5, 0.6) is 0 Å². The number of nitriles is 2. The first-order chi connectivity index (χ1) is 13.0. The average Bonchev–Trinajstić information content (AvgIpc) is 3.23. The zero-order chi connectivity index (χ0) is 19.1. The number of carbonyl (C=O) groups excluding carboxylic acids is 1. The first-order valence-corrected chi connectivity index (χ1v) is 8.20. The normalized spacial score (nSPS) is 12.7. The van der Waals surface area contributed by atoms with E-state index in [-0.39, 0.29) is 12.5 Å². The number of hydrogen-bond donors (Lipinski definition) is 2. The fraction of sp³-hybridized carbons (Fsp3) is 0.100. The lowest BCUT2D eigenvalue weighted by molar-refractivity contribution is 0.0794. The predicted molar refractivity (Wildman–Crippen MR) is 100 cm³/mol. The van der Waals surface area contributed by atoms with E-state index in [0.717, 1.165) is 27.6 Å². The molecule has 0 radical (unpaired) electrons. The molecule has 7 nitrogen and oxygen atoms in total. The van der Waals surface area contributed by atoms with Gasteiger partial charge in [-0.25, -0.2) is 0 Å². The molecule has 3 N–H and O–H groups in total. The van der Waals surface area contributed by atoms with E-state index in [4.69, 9.17) is 11.0 Å². The molecule has 0 fully saturated rings. The lowest BCUT2D eigenvalue weighted by Crippen LogP contribution is -2.26. The van der Waals surface area contributed by atoms with Gasteiger partial charge in [-0.15, -0.1) is 0 Å². The number of hydrogen-bond acceptors (Lipinski definition) is 5. The highest BCUT2D eigenvalue weighted by Crippen LogP contribution is 2.37. The molecule has 3 aromatic rings. The molecule has 2 aromatic carbocycles. The molecular formula is C20H14N6O. The van der Waals surface area contributed by atoms with E-state index in [1.54, 1.807) is 11.0 Å². The molecule has 27 heavy (non-hydrogen) atoms. The van der Waals surface area contributed by atoms with Crippen LogP contribution < -0.4 is 5.73 Å². The van der Waals surface area contributed by atoms with E-state index in [0.29, 0.717) is 29.1 Å². The zero-order valence-electron chi connectivity index (χ0n) is 14.3. The number of H-pyrrole nitrogens is 1. The maximum atomic E-state index is 12.8. The Morgan fingerprint density at radius 1 is 1.33 bits per heavy atom. The van der Waals surface area contributed by atoms with Gasteiger partial charge in [0.25, 0.3) is 5.91 Å². The van der Waals surface area contributed by atoms with Crippen molar-refractivity contribution in [2.45, 2.75) is 6.54 Å². The largest absolute Gasteiger partial charge is 0.398 e. The molecule has 7 heteroatoms. The van der Waals surface area contributed by atoms with Crippen molar-refractivity contribution in [3.63, 3.8) is 0 Å². The van der Waals surface area contributed by atoms with Gasteiger partial charge in [-0.05, 0) is 34.9 Å². The highest BCUT2D eigenvalue weighted by molar-refractivity contribution is 6.05. The Hall–Kier alpha value is -4.10. The summed E-state index contributed by atoms with van der Waals surface area (Å²) < 4.78 is 0. The SMILES string of the molecule is C=C(C#N)CN1Cc2c(-c3ccc4[nH]nc(C#N)c4c3)ccc(N)c2C1=O. The first kappa shape index (κ1) is 16.4. The van der Waals surface area contributed by atoms with Crippen molar-refractivity contribution in [1.29, 1.82) is 10.5 Å². The lowest BCUT2D eigenvalue weighted by atomic mass is 9.95. The average molecular weight is 354 g/mol. The van der Waals surface area contributed by atoms with Crippen LogP contribution in [0, 0.1) is 22.7 Å². The van der Waals surface area contributed by atoms with Crippen molar-refractivity contribution < 1.29 is 4.79 Å². The number of rotatable bonds is 3. The summed E-state index contributed by atoms with van der Waals surface area (Å²) in [5.41, 5.74) is 10.9. The maximum absolute atomic E-state index is 12.8. The minimum atomic E-state index is -0.206. The third kappa shape index (κ3) is 2.50. The van der Waals surface area contributed by atoms with Gasteiger partial charge >= 0.3 is 0 Å². The van der Waals surface area contributed by atoms with Gasteiger partial charge in [-0.3, -0.25) is 9.89 Å². The van der Waals surface area contributed by atoms with Crippen LogP contribution in [0.3, 0.4) is 0 Å². The van der Waals surface area contributed by atoms with Gasteiger partial charge in [0.05, 0.1) is 23.7 Å². The van der Waals surface area contributed by atoms with Crippen molar-refractivity contribution in [1.82, 2.24) is 15.1 Å². The van der Waals surface area contributed by atoms with E-state index in [1.165, 1.54) is 0 Å². The fourth-order valence-electron chi connectivity index (χ4n) is 3.43. The van der Waals surface area contributed by atoms with Crippen molar-refractivity contribution in [2.24, 2.45) is 0 Å². The van der Waals surface area contributed by atoms with E-state index >= 15 is 0 Å². The van der Waals surface area contributed by atoms with Gasteiger partial charge in [0.1, 0.15) is 6.07 Å². The van der Waals surface area contributed by atoms with E-state index < -0.39 is 0 Å². The molecule has 0 atom stereocenters. The standard InChI is InChI=1S/C20H14N6O/c1-11(7-21)9-26-10-15-13(3-4-16(23)19(15)20(26)27)12-2-5-17-14(6-12)18(8-22)25-24-17/h2-6H,1,9-10,23H2,(H,24,25). The molecule has 1 aliphatic rings. The molecule has 130 valence electrons. The van der Waals surface area contributed by atoms with E-state index in [2.05, 4.69) is 22.8 Å². The highest BCUT2D eigenvalue weighted by Gasteiger charge is 2.32. The fourth-order valence-corrected chi connectivity index (χ4v) is 3.43. The van der Waals surface area contributed by atoms with Gasteiger partial charge in [-0.2, -0.15) is 15.6 Å². The van der Waals surface area contributed by atoms with Crippen LogP contribution in [-0.4, -0.2) is 27.5 Å². The van der Waals surface area contributed by atoms with E-state index in [1.807, 2.05) is 30.3 Å². The van der Waals surface area contributed by atoms with Crippen LogP contribution in [-0.2, 0) is 6.54 Å². The van der Waals surface area contributed by atoms with Crippen molar-refractivity contribution >= 4 is 22.5 Å². The Morgan fingerprint density at radius 3 is 2.89 bits per heavy atom. The molecule has 1 aromatic heterocycles. The van der Waals surface area contributed by atoms with Crippen LogP contribution in [0.1, 0.15) is 21.6 Å². The number of carbonyl (C=O) groups is 1. The molecule has 0 saturated carbocycles. The zero-order valence-corrected chi connectivity index (χ0v) is 14.3. The second-order valence-electron chi connectivity index (χ2n) is 6.38. The third-order valence-electron chi connectivity index (χ3n) is 4.71. The lowest BCUT2D eigenvalue weighted by Gasteiger charge is -2.14. The second kappa shape index (κ2) is 6.01. The second-order valence-corrected chi connectivity index (χ2v) is 6.38. The predicted octanol–water partition coefficient (Wildman–Crippen LogP) is 2.72. The van der Waals surface area contributed by atoms with Gasteiger partial charge < -0.3 is 10.6 Å². The van der Waals surface area contributed by atoms with Gasteiger partial charge in [0, 0.05) is 23.2 Å². The Bertz CT molecular complexity index is 1210. The molecule has 0 unspecified atom stereocenters. The number of nitrogens with two attached hydrogens (primary N) is 1. The van der Waals surface area contributed by atoms with Crippen molar-refractivity contribution in [2.75, 3.05) is 12.3 Å². The van der Waals surface area contributed by atoms with Crippen LogP contribution in [0.4, 0.5) is 5.69 Å². The number of aromatic nitrogens is 2. The molecule has 0 spiro atoms. The number of fused-ring (bicyclic) bond motifs is 2. The van der Waals surface area contributed by atoms with Gasteiger partial charge in [-0.1, -0.05) is 18.7 Å². The number of benzene rings is 2. The summed E-state index contributed by atoms with van der Waals surface area (Å²) in [5, 5.41) is 25.7. The number of nitrogen functional groups attached to an aromatic ring is 1. The molecule has 0 saturated heterocycles. The third-order valence-corrected chi connectivity index (χ3v) is 4.71. The van der Waals surface area contributed by atoms with Crippen LogP contribution in [0.25, 0.3) is 22.0 Å². The Balaban J connectivity index is 1.84. The minimum Gasteiger partial charge on any atom is -0.398 e. The summed E-state index contributed by atoms with van der Waals surface area (Å²) in [5.74, 6) is -0.206. The smallest absolute Gasteiger partial charge is 0.256 e. The quantitative estimate of drug-likeness (QED) is 0.553. The minimum absolute atomic E-state index is 0.169. The summed E-state index contributed by atoms with van der Waals surface area (Å²) >= 11 is 0. The van der Waals surface area contributed by atoms with Crippen LogP contribution >= 0.6 is 0 Å². The van der Waals surface area contributed by atoms with Gasteiger partial charge in [0.2, 0.25) is 0 Å². The Morgan fingerprint density at radius 2 is 2.15 bits per heavy atom. The molecule has 4 rings (SSSR count). The van der Waals surface area contributed by atoms with Crippen molar-refractivity contribution in [3.8, 4) is 23.3 Å². The molecule has 1 amide bonds.